The molecule has 1 fully saturated rings. The predicted octanol–water partition coefficient (Wildman–Crippen LogP) is 3.44. The largest absolute Gasteiger partial charge is 0.458 e. The number of carbonyl (C=O) groups excluding carboxylic acids is 1. The fraction of sp³-hybridized carbons (Fsp3) is 0.650. The fourth-order valence-corrected chi connectivity index (χ4v) is 3.47. The quantitative estimate of drug-likeness (QED) is 0.404. The molecule has 24 heavy (non-hydrogen) atoms. The van der Waals surface area contributed by atoms with Gasteiger partial charge in [-0.3, -0.25) is 0 Å². The number of rotatable bonds is 0. The molecule has 0 radical (unpaired) electrons. The molecular weight excluding hydrogens is 304 g/mol. The molecule has 0 amide bonds. The zero-order valence-corrected chi connectivity index (χ0v) is 15.0. The van der Waals surface area contributed by atoms with Crippen LogP contribution in [0.4, 0.5) is 0 Å². The van der Waals surface area contributed by atoms with Crippen LogP contribution in [0.25, 0.3) is 0 Å². The molecule has 1 aliphatic carbocycles. The molecule has 134 valence electrons. The second kappa shape index (κ2) is 7.66. The summed E-state index contributed by atoms with van der Waals surface area (Å²) in [6.45, 7) is 9.64. The third-order valence-corrected chi connectivity index (χ3v) is 5.31. The highest BCUT2D eigenvalue weighted by atomic mass is 16.6. The lowest BCUT2D eigenvalue weighted by molar-refractivity contribution is -0.139. The molecule has 0 aromatic carbocycles. The van der Waals surface area contributed by atoms with Gasteiger partial charge in [0.05, 0.1) is 11.7 Å². The molecule has 0 aromatic heterocycles. The van der Waals surface area contributed by atoms with Gasteiger partial charge in [0.15, 0.2) is 0 Å². The van der Waals surface area contributed by atoms with E-state index in [1.807, 2.05) is 6.92 Å². The van der Waals surface area contributed by atoms with Crippen molar-refractivity contribution in [3.05, 3.63) is 35.5 Å². The van der Waals surface area contributed by atoms with Crippen LogP contribution >= 0.6 is 0 Å². The maximum absolute atomic E-state index is 11.9. The molecule has 4 atom stereocenters. The van der Waals surface area contributed by atoms with Gasteiger partial charge in [-0.15, -0.1) is 0 Å². The SMILES string of the molecule is C=C1C(=O)O[C@H]2CC(C)=CCCC(C)=CCC[C@@](C)(O)[C@@H](O)C[C@H]12. The summed E-state index contributed by atoms with van der Waals surface area (Å²) in [6, 6.07) is 0. The van der Waals surface area contributed by atoms with E-state index in [0.717, 1.165) is 19.3 Å². The first-order valence-electron chi connectivity index (χ1n) is 8.82. The number of fused-ring (bicyclic) bond motifs is 1. The Hall–Kier alpha value is -1.39. The lowest BCUT2D eigenvalue weighted by Gasteiger charge is -2.31. The van der Waals surface area contributed by atoms with E-state index in [9.17, 15) is 15.0 Å². The lowest BCUT2D eigenvalue weighted by Crippen LogP contribution is -2.41. The Morgan fingerprint density at radius 1 is 1.25 bits per heavy atom. The first-order chi connectivity index (χ1) is 11.2. The Morgan fingerprint density at radius 3 is 2.62 bits per heavy atom. The number of aliphatic hydroxyl groups is 2. The normalized spacial score (nSPS) is 36.3. The number of hydrogen-bond donors (Lipinski definition) is 2. The molecule has 4 nitrogen and oxygen atoms in total. The van der Waals surface area contributed by atoms with Gasteiger partial charge in [0.25, 0.3) is 0 Å². The Kier molecular flexibility index (Phi) is 6.05. The van der Waals surface area contributed by atoms with Crippen molar-refractivity contribution in [2.45, 2.75) is 77.1 Å². The highest BCUT2D eigenvalue weighted by Gasteiger charge is 2.42. The van der Waals surface area contributed by atoms with Gasteiger partial charge in [-0.05, 0) is 52.9 Å². The second-order valence-corrected chi connectivity index (χ2v) is 7.57. The van der Waals surface area contributed by atoms with Gasteiger partial charge < -0.3 is 14.9 Å². The Labute approximate surface area is 144 Å². The van der Waals surface area contributed by atoms with Gasteiger partial charge in [0.2, 0.25) is 0 Å². The molecule has 0 unspecified atom stereocenters. The summed E-state index contributed by atoms with van der Waals surface area (Å²) in [6.07, 6.45) is 7.19. The van der Waals surface area contributed by atoms with Crippen molar-refractivity contribution < 1.29 is 19.7 Å². The van der Waals surface area contributed by atoms with Crippen LogP contribution in [0.15, 0.2) is 35.5 Å². The molecule has 0 spiro atoms. The van der Waals surface area contributed by atoms with Crippen molar-refractivity contribution in [3.8, 4) is 0 Å². The third-order valence-electron chi connectivity index (χ3n) is 5.31. The van der Waals surface area contributed by atoms with E-state index in [2.05, 4.69) is 25.7 Å². The molecule has 2 rings (SSSR count). The van der Waals surface area contributed by atoms with Crippen molar-refractivity contribution in [2.24, 2.45) is 5.92 Å². The number of aliphatic hydroxyl groups excluding tert-OH is 1. The van der Waals surface area contributed by atoms with Crippen LogP contribution in [-0.4, -0.2) is 34.0 Å². The molecule has 1 heterocycles. The van der Waals surface area contributed by atoms with Gasteiger partial charge in [0, 0.05) is 17.9 Å². The minimum Gasteiger partial charge on any atom is -0.458 e. The highest BCUT2D eigenvalue weighted by Crippen LogP contribution is 2.36. The van der Waals surface area contributed by atoms with Gasteiger partial charge in [-0.1, -0.05) is 29.9 Å². The zero-order chi connectivity index (χ0) is 17.9. The average molecular weight is 334 g/mol. The Morgan fingerprint density at radius 2 is 1.92 bits per heavy atom. The van der Waals surface area contributed by atoms with Gasteiger partial charge in [0.1, 0.15) is 6.10 Å². The second-order valence-electron chi connectivity index (χ2n) is 7.57. The topological polar surface area (TPSA) is 66.8 Å². The molecule has 0 bridgehead atoms. The summed E-state index contributed by atoms with van der Waals surface area (Å²) in [5.74, 6) is -0.631. The van der Waals surface area contributed by atoms with Gasteiger partial charge in [-0.25, -0.2) is 4.79 Å². The van der Waals surface area contributed by atoms with Crippen LogP contribution in [0.2, 0.25) is 0 Å². The highest BCUT2D eigenvalue weighted by molar-refractivity contribution is 5.90. The lowest BCUT2D eigenvalue weighted by atomic mass is 9.81. The summed E-state index contributed by atoms with van der Waals surface area (Å²) < 4.78 is 5.46. The van der Waals surface area contributed by atoms with Crippen LogP contribution in [0.3, 0.4) is 0 Å². The summed E-state index contributed by atoms with van der Waals surface area (Å²) in [4.78, 5) is 11.9. The summed E-state index contributed by atoms with van der Waals surface area (Å²) >= 11 is 0. The predicted molar refractivity (Wildman–Crippen MR) is 94.4 cm³/mol. The average Bonchev–Trinajstić information content (AvgIpc) is 2.73. The van der Waals surface area contributed by atoms with Crippen LogP contribution < -0.4 is 0 Å². The van der Waals surface area contributed by atoms with Crippen molar-refractivity contribution in [2.75, 3.05) is 0 Å². The van der Waals surface area contributed by atoms with Crippen LogP contribution in [0.1, 0.15) is 59.3 Å². The first kappa shape index (κ1) is 18.9. The Balaban J connectivity index is 2.24. The number of carbonyl (C=O) groups is 1. The van der Waals surface area contributed by atoms with Gasteiger partial charge >= 0.3 is 5.97 Å². The monoisotopic (exact) mass is 334 g/mol. The standard InChI is InChI=1S/C20H30O4/c1-13-7-5-8-14(2)11-17-16(15(3)19(22)24-17)12-18(21)20(4,23)10-6-9-13/h8-9,16-18,21,23H,3,5-7,10-12H2,1-2,4H3/t16-,17+,18+,20-/m1/s1. The number of esters is 1. The fourth-order valence-electron chi connectivity index (χ4n) is 3.47. The number of ether oxygens (including phenoxy) is 1. The molecule has 1 aliphatic heterocycles. The third kappa shape index (κ3) is 4.58. The molecule has 4 heteroatoms. The maximum atomic E-state index is 11.9. The van der Waals surface area contributed by atoms with Crippen molar-refractivity contribution in [1.29, 1.82) is 0 Å². The Bertz CT molecular complexity index is 556. The zero-order valence-electron chi connectivity index (χ0n) is 15.0. The molecule has 2 N–H and O–H groups in total. The number of allylic oxidation sites excluding steroid dienone is 3. The number of hydrogen-bond acceptors (Lipinski definition) is 4. The summed E-state index contributed by atoms with van der Waals surface area (Å²) in [5, 5.41) is 21.2. The maximum Gasteiger partial charge on any atom is 0.334 e. The van der Waals surface area contributed by atoms with Crippen LogP contribution in [-0.2, 0) is 9.53 Å². The minimum atomic E-state index is -1.19. The molecule has 0 saturated carbocycles. The summed E-state index contributed by atoms with van der Waals surface area (Å²) in [5.41, 5.74) is 1.69. The van der Waals surface area contributed by atoms with Crippen molar-refractivity contribution >= 4 is 5.97 Å². The van der Waals surface area contributed by atoms with E-state index in [-0.39, 0.29) is 24.4 Å². The van der Waals surface area contributed by atoms with Crippen molar-refractivity contribution in [3.63, 3.8) is 0 Å². The van der Waals surface area contributed by atoms with E-state index in [1.165, 1.54) is 11.1 Å². The van der Waals surface area contributed by atoms with E-state index < -0.39 is 11.7 Å². The molecular formula is C20H30O4. The first-order valence-corrected chi connectivity index (χ1v) is 8.82. The van der Waals surface area contributed by atoms with Gasteiger partial charge in [-0.2, -0.15) is 0 Å². The van der Waals surface area contributed by atoms with Crippen LogP contribution in [0.5, 0.6) is 0 Å². The van der Waals surface area contributed by atoms with Crippen LogP contribution in [0, 0.1) is 5.92 Å². The molecule has 0 aromatic rings. The van der Waals surface area contributed by atoms with E-state index >= 15 is 0 Å². The molecule has 2 aliphatic rings. The minimum absolute atomic E-state index is 0.248. The smallest absolute Gasteiger partial charge is 0.334 e. The van der Waals surface area contributed by atoms with E-state index in [4.69, 9.17) is 4.74 Å². The molecule has 1 saturated heterocycles. The van der Waals surface area contributed by atoms with Crippen molar-refractivity contribution in [1.82, 2.24) is 0 Å². The summed E-state index contributed by atoms with van der Waals surface area (Å²) in [7, 11) is 0. The van der Waals surface area contributed by atoms with E-state index in [1.54, 1.807) is 6.92 Å². The van der Waals surface area contributed by atoms with E-state index in [0.29, 0.717) is 18.4 Å².